The number of aromatic hydroxyl groups is 1. The third kappa shape index (κ3) is 2.22. The molecule has 74 valence electrons. The Morgan fingerprint density at radius 3 is 2.50 bits per heavy atom. The maximum absolute atomic E-state index is 10.7. The van der Waals surface area contributed by atoms with Crippen molar-refractivity contribution in [2.75, 3.05) is 5.32 Å². The van der Waals surface area contributed by atoms with Crippen molar-refractivity contribution in [1.29, 1.82) is 0 Å². The third-order valence-electron chi connectivity index (χ3n) is 1.55. The fourth-order valence-corrected chi connectivity index (χ4v) is 0.959. The fraction of sp³-hybridized carbons (Fsp3) is 0.111. The van der Waals surface area contributed by atoms with Gasteiger partial charge in [-0.25, -0.2) is 4.79 Å². The number of phenolic OH excluding ortho intramolecular Hbond substituents is 1. The SMILES string of the molecule is CC(=O)Nc1cc(C(=O)O)ccc1O. The largest absolute Gasteiger partial charge is 0.506 e. The predicted molar refractivity (Wildman–Crippen MR) is 49.4 cm³/mol. The van der Waals surface area contributed by atoms with Crippen LogP contribution in [0.3, 0.4) is 0 Å². The number of benzene rings is 1. The van der Waals surface area contributed by atoms with E-state index in [0.717, 1.165) is 0 Å². The zero-order valence-corrected chi connectivity index (χ0v) is 7.44. The van der Waals surface area contributed by atoms with Crippen molar-refractivity contribution in [1.82, 2.24) is 0 Å². The monoisotopic (exact) mass is 195 g/mol. The highest BCUT2D eigenvalue weighted by atomic mass is 16.4. The summed E-state index contributed by atoms with van der Waals surface area (Å²) in [5.41, 5.74) is 0.101. The van der Waals surface area contributed by atoms with E-state index < -0.39 is 5.97 Å². The molecule has 5 nitrogen and oxygen atoms in total. The van der Waals surface area contributed by atoms with Crippen LogP contribution < -0.4 is 5.32 Å². The molecule has 3 N–H and O–H groups in total. The molecule has 5 heteroatoms. The molecule has 1 aromatic rings. The number of anilines is 1. The van der Waals surface area contributed by atoms with E-state index in [1.807, 2.05) is 0 Å². The van der Waals surface area contributed by atoms with Crippen molar-refractivity contribution in [3.63, 3.8) is 0 Å². The third-order valence-corrected chi connectivity index (χ3v) is 1.55. The van der Waals surface area contributed by atoms with Gasteiger partial charge < -0.3 is 15.5 Å². The Balaban J connectivity index is 3.08. The number of rotatable bonds is 2. The van der Waals surface area contributed by atoms with Gasteiger partial charge in [0, 0.05) is 6.92 Å². The number of hydrogen-bond acceptors (Lipinski definition) is 3. The number of nitrogens with one attached hydrogen (secondary N) is 1. The first kappa shape index (κ1) is 10.0. The van der Waals surface area contributed by atoms with E-state index in [4.69, 9.17) is 5.11 Å². The minimum Gasteiger partial charge on any atom is -0.506 e. The fourth-order valence-electron chi connectivity index (χ4n) is 0.959. The van der Waals surface area contributed by atoms with Crippen molar-refractivity contribution in [3.05, 3.63) is 23.8 Å². The van der Waals surface area contributed by atoms with Crippen LogP contribution in [0.2, 0.25) is 0 Å². The molecule has 0 aliphatic carbocycles. The smallest absolute Gasteiger partial charge is 0.335 e. The number of carbonyl (C=O) groups is 2. The van der Waals surface area contributed by atoms with Gasteiger partial charge in [0.15, 0.2) is 0 Å². The zero-order valence-electron chi connectivity index (χ0n) is 7.44. The summed E-state index contributed by atoms with van der Waals surface area (Å²) >= 11 is 0. The number of amides is 1. The Kier molecular flexibility index (Phi) is 2.71. The normalized spacial score (nSPS) is 9.50. The Morgan fingerprint density at radius 1 is 1.36 bits per heavy atom. The van der Waals surface area contributed by atoms with Crippen LogP contribution in [0.4, 0.5) is 5.69 Å². The van der Waals surface area contributed by atoms with Crippen LogP contribution in [-0.4, -0.2) is 22.1 Å². The Bertz CT molecular complexity index is 386. The molecule has 1 aromatic carbocycles. The van der Waals surface area contributed by atoms with Crippen LogP contribution in [0.15, 0.2) is 18.2 Å². The topological polar surface area (TPSA) is 86.6 Å². The highest BCUT2D eigenvalue weighted by molar-refractivity contribution is 5.94. The number of carboxylic acids is 1. The van der Waals surface area contributed by atoms with Crippen molar-refractivity contribution in [2.45, 2.75) is 6.92 Å². The first-order valence-electron chi connectivity index (χ1n) is 3.84. The standard InChI is InChI=1S/C9H9NO4/c1-5(11)10-7-4-6(9(13)14)2-3-8(7)12/h2-4,12H,1H3,(H,10,11)(H,13,14). The van der Waals surface area contributed by atoms with Crippen molar-refractivity contribution >= 4 is 17.6 Å². The molecule has 1 rings (SSSR count). The van der Waals surface area contributed by atoms with E-state index >= 15 is 0 Å². The lowest BCUT2D eigenvalue weighted by molar-refractivity contribution is -0.114. The van der Waals surface area contributed by atoms with Crippen LogP contribution in [-0.2, 0) is 4.79 Å². The lowest BCUT2D eigenvalue weighted by Gasteiger charge is -2.05. The molecule has 14 heavy (non-hydrogen) atoms. The van der Waals surface area contributed by atoms with Crippen LogP contribution >= 0.6 is 0 Å². The number of aromatic carboxylic acids is 1. The van der Waals surface area contributed by atoms with Gasteiger partial charge in [0.25, 0.3) is 0 Å². The van der Waals surface area contributed by atoms with Gasteiger partial charge in [-0.15, -0.1) is 0 Å². The van der Waals surface area contributed by atoms with E-state index in [0.29, 0.717) is 0 Å². The van der Waals surface area contributed by atoms with Gasteiger partial charge in [0.05, 0.1) is 11.3 Å². The second-order valence-corrected chi connectivity index (χ2v) is 2.72. The van der Waals surface area contributed by atoms with E-state index in [9.17, 15) is 14.7 Å². The molecular weight excluding hydrogens is 186 g/mol. The molecule has 0 unspecified atom stereocenters. The average Bonchev–Trinajstić information content (AvgIpc) is 2.07. The first-order chi connectivity index (χ1) is 6.50. The summed E-state index contributed by atoms with van der Waals surface area (Å²) in [5.74, 6) is -1.65. The minimum atomic E-state index is -1.11. The minimum absolute atomic E-state index is 0.00606. The number of hydrogen-bond donors (Lipinski definition) is 3. The van der Waals surface area contributed by atoms with Crippen molar-refractivity contribution in [2.24, 2.45) is 0 Å². The predicted octanol–water partition coefficient (Wildman–Crippen LogP) is 1.05. The molecule has 0 aliphatic rings. The molecule has 0 saturated heterocycles. The van der Waals surface area contributed by atoms with Gasteiger partial charge in [-0.3, -0.25) is 4.79 Å². The van der Waals surface area contributed by atoms with E-state index in [-0.39, 0.29) is 22.9 Å². The molecular formula is C9H9NO4. The second kappa shape index (κ2) is 3.78. The molecule has 1 amide bonds. The van der Waals surface area contributed by atoms with Crippen molar-refractivity contribution in [3.8, 4) is 5.75 Å². The number of carbonyl (C=O) groups excluding carboxylic acids is 1. The summed E-state index contributed by atoms with van der Waals surface area (Å²) in [5, 5.41) is 20.2. The van der Waals surface area contributed by atoms with Gasteiger partial charge in [-0.1, -0.05) is 0 Å². The highest BCUT2D eigenvalue weighted by Crippen LogP contribution is 2.23. The van der Waals surface area contributed by atoms with Crippen LogP contribution in [0.5, 0.6) is 5.75 Å². The van der Waals surface area contributed by atoms with Crippen molar-refractivity contribution < 1.29 is 19.8 Å². The summed E-state index contributed by atoms with van der Waals surface area (Å²) in [6.45, 7) is 1.27. The quantitative estimate of drug-likeness (QED) is 0.615. The lowest BCUT2D eigenvalue weighted by Crippen LogP contribution is -2.07. The number of carboxylic acid groups (broad SMARTS) is 1. The van der Waals surface area contributed by atoms with Gasteiger partial charge in [-0.2, -0.15) is 0 Å². The summed E-state index contributed by atoms with van der Waals surface area (Å²) in [6.07, 6.45) is 0. The second-order valence-electron chi connectivity index (χ2n) is 2.72. The molecule has 0 aromatic heterocycles. The summed E-state index contributed by atoms with van der Waals surface area (Å²) in [7, 11) is 0. The summed E-state index contributed by atoms with van der Waals surface area (Å²) in [6, 6.07) is 3.66. The Morgan fingerprint density at radius 2 is 2.00 bits per heavy atom. The van der Waals surface area contributed by atoms with Crippen LogP contribution in [0.1, 0.15) is 17.3 Å². The lowest BCUT2D eigenvalue weighted by atomic mass is 10.2. The first-order valence-corrected chi connectivity index (χ1v) is 3.84. The van der Waals surface area contributed by atoms with Gasteiger partial charge in [-0.05, 0) is 18.2 Å². The van der Waals surface area contributed by atoms with Gasteiger partial charge >= 0.3 is 5.97 Å². The maximum atomic E-state index is 10.7. The molecule has 0 aliphatic heterocycles. The summed E-state index contributed by atoms with van der Waals surface area (Å²) in [4.78, 5) is 21.2. The number of phenols is 1. The highest BCUT2D eigenvalue weighted by Gasteiger charge is 2.08. The van der Waals surface area contributed by atoms with E-state index in [1.54, 1.807) is 0 Å². The molecule has 0 fully saturated rings. The Hall–Kier alpha value is -2.04. The van der Waals surface area contributed by atoms with E-state index in [1.165, 1.54) is 25.1 Å². The summed E-state index contributed by atoms with van der Waals surface area (Å²) < 4.78 is 0. The zero-order chi connectivity index (χ0) is 10.7. The van der Waals surface area contributed by atoms with Gasteiger partial charge in [0.1, 0.15) is 5.75 Å². The average molecular weight is 195 g/mol. The van der Waals surface area contributed by atoms with Crippen LogP contribution in [0, 0.1) is 0 Å². The molecule has 0 saturated carbocycles. The molecule has 0 spiro atoms. The van der Waals surface area contributed by atoms with Gasteiger partial charge in [0.2, 0.25) is 5.91 Å². The van der Waals surface area contributed by atoms with Crippen LogP contribution in [0.25, 0.3) is 0 Å². The van der Waals surface area contributed by atoms with E-state index in [2.05, 4.69) is 5.32 Å². The molecule has 0 atom stereocenters. The Labute approximate surface area is 80.0 Å². The molecule has 0 heterocycles. The molecule has 0 bridgehead atoms. The maximum Gasteiger partial charge on any atom is 0.335 e. The molecule has 0 radical (unpaired) electrons.